The summed E-state index contributed by atoms with van der Waals surface area (Å²) in [5.41, 5.74) is 0.716. The van der Waals surface area contributed by atoms with Gasteiger partial charge in [0, 0.05) is 17.7 Å². The smallest absolute Gasteiger partial charge is 0.305 e. The van der Waals surface area contributed by atoms with Crippen molar-refractivity contribution in [2.24, 2.45) is 0 Å². The van der Waals surface area contributed by atoms with Crippen LogP contribution < -0.4 is 4.74 Å². The minimum absolute atomic E-state index is 0.0695. The molecule has 0 saturated heterocycles. The first-order valence-electron chi connectivity index (χ1n) is 6.14. The largest absolute Gasteiger partial charge is 0.485 e. The maximum Gasteiger partial charge on any atom is 0.305 e. The highest BCUT2D eigenvalue weighted by atomic mass is 19.1. The van der Waals surface area contributed by atoms with E-state index in [9.17, 15) is 19.3 Å². The molecule has 0 fully saturated rings. The second kappa shape index (κ2) is 6.13. The van der Waals surface area contributed by atoms with Crippen LogP contribution in [0.1, 0.15) is 15.9 Å². The Kier molecular flexibility index (Phi) is 4.27. The first-order chi connectivity index (χ1) is 9.99. The number of benzene rings is 2. The number of halogens is 1. The van der Waals surface area contributed by atoms with Gasteiger partial charge in [-0.05, 0) is 18.6 Å². The highest BCUT2D eigenvalue weighted by Gasteiger charge is 2.15. The molecule has 2 aromatic carbocycles. The van der Waals surface area contributed by atoms with E-state index in [1.54, 1.807) is 25.1 Å². The van der Waals surface area contributed by atoms with Crippen LogP contribution in [0.25, 0.3) is 0 Å². The molecule has 5 nitrogen and oxygen atoms in total. The number of hydrogen-bond acceptors (Lipinski definition) is 4. The normalized spacial score (nSPS) is 10.2. The maximum absolute atomic E-state index is 13.4. The molecule has 0 unspecified atom stereocenters. The number of carbonyl (C=O) groups excluding carboxylic acids is 1. The van der Waals surface area contributed by atoms with E-state index < -0.39 is 16.4 Å². The zero-order chi connectivity index (χ0) is 15.4. The summed E-state index contributed by atoms with van der Waals surface area (Å²) in [4.78, 5) is 21.6. The fourth-order valence-corrected chi connectivity index (χ4v) is 1.84. The van der Waals surface area contributed by atoms with Crippen molar-refractivity contribution in [2.75, 3.05) is 6.61 Å². The molecule has 0 N–H and O–H groups in total. The zero-order valence-electron chi connectivity index (χ0n) is 11.2. The average Bonchev–Trinajstić information content (AvgIpc) is 2.45. The Labute approximate surface area is 120 Å². The van der Waals surface area contributed by atoms with Gasteiger partial charge in [-0.15, -0.1) is 0 Å². The fourth-order valence-electron chi connectivity index (χ4n) is 1.84. The lowest BCUT2D eigenvalue weighted by atomic mass is 10.1. The minimum atomic E-state index is -0.999. The monoisotopic (exact) mass is 289 g/mol. The van der Waals surface area contributed by atoms with E-state index in [4.69, 9.17) is 4.74 Å². The van der Waals surface area contributed by atoms with Crippen molar-refractivity contribution in [1.82, 2.24) is 0 Å². The molecule has 0 atom stereocenters. The first-order valence-corrected chi connectivity index (χ1v) is 6.14. The molecule has 0 spiro atoms. The number of nitro groups is 1. The summed E-state index contributed by atoms with van der Waals surface area (Å²) in [6.07, 6.45) is 0. The number of Topliss-reactive ketones (excluding diaryl/α,β-unsaturated/α-hetero) is 1. The molecular weight excluding hydrogens is 277 g/mol. The molecule has 0 aliphatic heterocycles. The van der Waals surface area contributed by atoms with Gasteiger partial charge in [0.2, 0.25) is 5.82 Å². The third-order valence-corrected chi connectivity index (χ3v) is 2.93. The molecule has 0 aromatic heterocycles. The quantitative estimate of drug-likeness (QED) is 0.481. The first kappa shape index (κ1) is 14.6. The van der Waals surface area contributed by atoms with Crippen molar-refractivity contribution in [1.29, 1.82) is 0 Å². The van der Waals surface area contributed by atoms with E-state index in [1.807, 2.05) is 6.07 Å². The number of carbonyl (C=O) groups is 1. The predicted molar refractivity (Wildman–Crippen MR) is 74.1 cm³/mol. The molecule has 108 valence electrons. The Morgan fingerprint density at radius 1 is 1.29 bits per heavy atom. The SMILES string of the molecule is Cc1ccccc1C(=O)COc1ccc([N+](=O)[O-])c(F)c1. The van der Waals surface area contributed by atoms with Gasteiger partial charge in [-0.2, -0.15) is 4.39 Å². The van der Waals surface area contributed by atoms with Gasteiger partial charge in [-0.25, -0.2) is 0 Å². The lowest BCUT2D eigenvalue weighted by Gasteiger charge is -2.07. The van der Waals surface area contributed by atoms with Crippen molar-refractivity contribution >= 4 is 11.5 Å². The van der Waals surface area contributed by atoms with E-state index in [2.05, 4.69) is 0 Å². The molecule has 0 bridgehead atoms. The molecule has 2 rings (SSSR count). The van der Waals surface area contributed by atoms with Gasteiger partial charge in [-0.3, -0.25) is 14.9 Å². The van der Waals surface area contributed by atoms with Crippen molar-refractivity contribution in [3.05, 3.63) is 69.5 Å². The number of ether oxygens (including phenoxy) is 1. The molecular formula is C15H12FNO4. The van der Waals surface area contributed by atoms with Gasteiger partial charge in [0.25, 0.3) is 0 Å². The van der Waals surface area contributed by atoms with Crippen molar-refractivity contribution in [3.8, 4) is 5.75 Å². The van der Waals surface area contributed by atoms with Crippen molar-refractivity contribution in [3.63, 3.8) is 0 Å². The fraction of sp³-hybridized carbons (Fsp3) is 0.133. The second-order valence-corrected chi connectivity index (χ2v) is 4.40. The topological polar surface area (TPSA) is 69.4 Å². The summed E-state index contributed by atoms with van der Waals surface area (Å²) in [7, 11) is 0. The maximum atomic E-state index is 13.4. The lowest BCUT2D eigenvalue weighted by Crippen LogP contribution is -2.13. The average molecular weight is 289 g/mol. The molecule has 21 heavy (non-hydrogen) atoms. The Morgan fingerprint density at radius 3 is 2.62 bits per heavy atom. The number of nitrogens with zero attached hydrogens (tertiary/aromatic N) is 1. The van der Waals surface area contributed by atoms with E-state index in [-0.39, 0.29) is 18.1 Å². The Bertz CT molecular complexity index is 700. The highest BCUT2D eigenvalue weighted by molar-refractivity contribution is 5.98. The Hall–Kier alpha value is -2.76. The Morgan fingerprint density at radius 2 is 2.00 bits per heavy atom. The van der Waals surface area contributed by atoms with Crippen LogP contribution in [-0.2, 0) is 0 Å². The summed E-state index contributed by atoms with van der Waals surface area (Å²) in [6, 6.07) is 10.2. The Balaban J connectivity index is 2.07. The highest BCUT2D eigenvalue weighted by Crippen LogP contribution is 2.22. The standard InChI is InChI=1S/C15H12FNO4/c1-10-4-2-3-5-12(10)15(18)9-21-11-6-7-14(17(19)20)13(16)8-11/h2-8H,9H2,1H3. The van der Waals surface area contributed by atoms with E-state index in [0.29, 0.717) is 5.56 Å². The zero-order valence-corrected chi connectivity index (χ0v) is 11.2. The summed E-state index contributed by atoms with van der Waals surface area (Å²) in [6.45, 7) is 1.54. The molecule has 2 aromatic rings. The molecule has 6 heteroatoms. The van der Waals surface area contributed by atoms with Gasteiger partial charge in [-0.1, -0.05) is 24.3 Å². The van der Waals surface area contributed by atoms with Crippen LogP contribution in [0.2, 0.25) is 0 Å². The van der Waals surface area contributed by atoms with E-state index in [1.165, 1.54) is 6.07 Å². The van der Waals surface area contributed by atoms with Crippen LogP contribution in [0, 0.1) is 22.9 Å². The summed E-state index contributed by atoms with van der Waals surface area (Å²) < 4.78 is 18.6. The summed E-state index contributed by atoms with van der Waals surface area (Å²) in [5, 5.41) is 10.5. The number of ketones is 1. The minimum Gasteiger partial charge on any atom is -0.485 e. The van der Waals surface area contributed by atoms with Crippen LogP contribution in [-0.4, -0.2) is 17.3 Å². The molecule has 0 saturated carbocycles. The third-order valence-electron chi connectivity index (χ3n) is 2.93. The van der Waals surface area contributed by atoms with Crippen LogP contribution in [0.15, 0.2) is 42.5 Å². The van der Waals surface area contributed by atoms with Crippen molar-refractivity contribution in [2.45, 2.75) is 6.92 Å². The van der Waals surface area contributed by atoms with Gasteiger partial charge < -0.3 is 4.74 Å². The van der Waals surface area contributed by atoms with Crippen molar-refractivity contribution < 1.29 is 18.8 Å². The lowest BCUT2D eigenvalue weighted by molar-refractivity contribution is -0.387. The summed E-state index contributed by atoms with van der Waals surface area (Å²) in [5.74, 6) is -1.17. The summed E-state index contributed by atoms with van der Waals surface area (Å²) >= 11 is 0. The van der Waals surface area contributed by atoms with Crippen LogP contribution in [0.5, 0.6) is 5.75 Å². The van der Waals surface area contributed by atoms with Crippen LogP contribution in [0.3, 0.4) is 0 Å². The van der Waals surface area contributed by atoms with Gasteiger partial charge in [0.1, 0.15) is 5.75 Å². The van der Waals surface area contributed by atoms with Gasteiger partial charge >= 0.3 is 5.69 Å². The number of aryl methyl sites for hydroxylation is 1. The number of nitro benzene ring substituents is 1. The molecule has 0 radical (unpaired) electrons. The molecule has 0 heterocycles. The van der Waals surface area contributed by atoms with Gasteiger partial charge in [0.05, 0.1) is 4.92 Å². The molecule has 0 aliphatic rings. The van der Waals surface area contributed by atoms with Crippen LogP contribution >= 0.6 is 0 Å². The van der Waals surface area contributed by atoms with E-state index in [0.717, 1.165) is 17.7 Å². The number of hydrogen-bond donors (Lipinski definition) is 0. The predicted octanol–water partition coefficient (Wildman–Crippen LogP) is 3.30. The molecule has 0 amide bonds. The molecule has 0 aliphatic carbocycles. The van der Waals surface area contributed by atoms with Crippen LogP contribution in [0.4, 0.5) is 10.1 Å². The third kappa shape index (κ3) is 3.42. The number of rotatable bonds is 5. The van der Waals surface area contributed by atoms with Gasteiger partial charge in [0.15, 0.2) is 12.4 Å². The van der Waals surface area contributed by atoms with E-state index >= 15 is 0 Å². The second-order valence-electron chi connectivity index (χ2n) is 4.40.